The number of benzene rings is 1. The normalized spacial score (nSPS) is 15.5. The number of carbonyl (C=O) groups excluding carboxylic acids is 1. The van der Waals surface area contributed by atoms with E-state index in [1.165, 1.54) is 10.7 Å². The van der Waals surface area contributed by atoms with Crippen LogP contribution in [0.25, 0.3) is 5.82 Å². The summed E-state index contributed by atoms with van der Waals surface area (Å²) in [6, 6.07) is 14.9. The molecule has 2 aromatic heterocycles. The van der Waals surface area contributed by atoms with Gasteiger partial charge in [-0.05, 0) is 44.4 Å². The molecule has 3 heterocycles. The van der Waals surface area contributed by atoms with Crippen LogP contribution in [0.2, 0.25) is 0 Å². The Balaban J connectivity index is 1.48. The number of aryl methyl sites for hydroxylation is 2. The van der Waals surface area contributed by atoms with Crippen molar-refractivity contribution in [2.24, 2.45) is 0 Å². The van der Waals surface area contributed by atoms with Gasteiger partial charge in [-0.2, -0.15) is 5.10 Å². The number of aromatic nitrogens is 4. The first kappa shape index (κ1) is 21.0. The van der Waals surface area contributed by atoms with Crippen molar-refractivity contribution in [3.63, 3.8) is 0 Å². The van der Waals surface area contributed by atoms with Gasteiger partial charge in [0, 0.05) is 31.5 Å². The van der Waals surface area contributed by atoms with E-state index in [2.05, 4.69) is 15.5 Å². The zero-order valence-corrected chi connectivity index (χ0v) is 17.9. The molecule has 8 heteroatoms. The van der Waals surface area contributed by atoms with Gasteiger partial charge < -0.3 is 10.1 Å². The zero-order valence-electron chi connectivity index (χ0n) is 17.9. The van der Waals surface area contributed by atoms with E-state index in [1.807, 2.05) is 50.2 Å². The monoisotopic (exact) mass is 421 g/mol. The van der Waals surface area contributed by atoms with E-state index in [9.17, 15) is 9.59 Å². The Labute approximate surface area is 180 Å². The summed E-state index contributed by atoms with van der Waals surface area (Å²) in [7, 11) is 0. The molecule has 8 nitrogen and oxygen atoms in total. The van der Waals surface area contributed by atoms with Crippen LogP contribution in [0.15, 0.2) is 53.3 Å². The molecule has 1 aliphatic rings. The molecule has 1 N–H and O–H groups in total. The third kappa shape index (κ3) is 4.29. The molecule has 0 unspecified atom stereocenters. The number of hydrogen-bond donors (Lipinski definition) is 1. The minimum atomic E-state index is -0.608. The van der Waals surface area contributed by atoms with Gasteiger partial charge in [0.15, 0.2) is 5.82 Å². The van der Waals surface area contributed by atoms with E-state index in [0.29, 0.717) is 38.4 Å². The molecule has 0 aliphatic carbocycles. The topological polar surface area (TPSA) is 91.0 Å². The quantitative estimate of drug-likeness (QED) is 0.657. The van der Waals surface area contributed by atoms with E-state index in [-0.39, 0.29) is 18.0 Å². The summed E-state index contributed by atoms with van der Waals surface area (Å²) in [5, 5.41) is 11.9. The van der Waals surface area contributed by atoms with Crippen molar-refractivity contribution in [2.45, 2.75) is 38.6 Å². The van der Waals surface area contributed by atoms with Gasteiger partial charge in [-0.1, -0.05) is 30.3 Å². The molecule has 0 saturated carbocycles. The molecule has 0 radical (unpaired) electrons. The molecule has 162 valence electrons. The minimum absolute atomic E-state index is 0.0373. The van der Waals surface area contributed by atoms with Gasteiger partial charge in [0.05, 0.1) is 17.7 Å². The molecule has 1 aromatic carbocycles. The molecule has 1 aliphatic heterocycles. The maximum atomic E-state index is 13.2. The lowest BCUT2D eigenvalue weighted by Crippen LogP contribution is -2.49. The highest BCUT2D eigenvalue weighted by Crippen LogP contribution is 2.35. The molecular formula is C23H27N5O3. The lowest BCUT2D eigenvalue weighted by molar-refractivity contribution is -0.130. The smallest absolute Gasteiger partial charge is 0.266 e. The van der Waals surface area contributed by atoms with E-state index in [4.69, 9.17) is 4.74 Å². The van der Waals surface area contributed by atoms with Crippen molar-refractivity contribution in [1.82, 2.24) is 24.9 Å². The van der Waals surface area contributed by atoms with Gasteiger partial charge in [0.1, 0.15) is 0 Å². The van der Waals surface area contributed by atoms with Crippen LogP contribution in [-0.4, -0.2) is 45.2 Å². The van der Waals surface area contributed by atoms with Crippen molar-refractivity contribution in [3.05, 3.63) is 75.8 Å². The summed E-state index contributed by atoms with van der Waals surface area (Å²) in [5.74, 6) is 0.534. The van der Waals surface area contributed by atoms with Crippen LogP contribution < -0.4 is 10.9 Å². The van der Waals surface area contributed by atoms with E-state index < -0.39 is 5.41 Å². The van der Waals surface area contributed by atoms with Crippen LogP contribution in [0.1, 0.15) is 29.8 Å². The lowest BCUT2D eigenvalue weighted by atomic mass is 9.73. The summed E-state index contributed by atoms with van der Waals surface area (Å²) in [6.07, 6.45) is 1.27. The van der Waals surface area contributed by atoms with Crippen molar-refractivity contribution in [3.8, 4) is 5.82 Å². The first-order valence-corrected chi connectivity index (χ1v) is 10.5. The Morgan fingerprint density at radius 3 is 2.52 bits per heavy atom. The number of rotatable bonds is 6. The Kier molecular flexibility index (Phi) is 5.99. The number of nitrogens with zero attached hydrogens (tertiary/aromatic N) is 4. The van der Waals surface area contributed by atoms with Crippen LogP contribution in [0.3, 0.4) is 0 Å². The average molecular weight is 422 g/mol. The summed E-state index contributed by atoms with van der Waals surface area (Å²) in [6.45, 7) is 5.53. The number of amides is 1. The van der Waals surface area contributed by atoms with E-state index in [1.54, 1.807) is 10.7 Å². The predicted octanol–water partition coefficient (Wildman–Crippen LogP) is 1.91. The van der Waals surface area contributed by atoms with Crippen molar-refractivity contribution in [2.75, 3.05) is 19.8 Å². The Morgan fingerprint density at radius 2 is 1.84 bits per heavy atom. The van der Waals surface area contributed by atoms with Gasteiger partial charge >= 0.3 is 0 Å². The highest BCUT2D eigenvalue weighted by Gasteiger charge is 2.41. The summed E-state index contributed by atoms with van der Waals surface area (Å²) < 4.78 is 8.58. The number of carbonyl (C=O) groups is 1. The first-order chi connectivity index (χ1) is 15.0. The van der Waals surface area contributed by atoms with Crippen LogP contribution in [0, 0.1) is 13.8 Å². The maximum absolute atomic E-state index is 13.2. The minimum Gasteiger partial charge on any atom is -0.381 e. The van der Waals surface area contributed by atoms with Gasteiger partial charge in [0.2, 0.25) is 5.91 Å². The molecular weight excluding hydrogens is 394 g/mol. The molecule has 31 heavy (non-hydrogen) atoms. The highest BCUT2D eigenvalue weighted by molar-refractivity contribution is 5.88. The fourth-order valence-electron chi connectivity index (χ4n) is 4.14. The molecule has 0 atom stereocenters. The van der Waals surface area contributed by atoms with Crippen LogP contribution >= 0.6 is 0 Å². The van der Waals surface area contributed by atoms with E-state index in [0.717, 1.165) is 17.0 Å². The molecule has 1 amide bonds. The second-order valence-corrected chi connectivity index (χ2v) is 7.91. The standard InChI is InChI=1S/C23H27N5O3/c1-17-16-18(2)28(25-17)20-8-9-21(29)27(26-20)13-12-24-22(30)23(10-14-31-15-11-23)19-6-4-3-5-7-19/h3-9,16H,10-15H2,1-2H3,(H,24,30). The van der Waals surface area contributed by atoms with Crippen molar-refractivity contribution >= 4 is 5.91 Å². The first-order valence-electron chi connectivity index (χ1n) is 10.5. The zero-order chi connectivity index (χ0) is 21.8. The maximum Gasteiger partial charge on any atom is 0.266 e. The Morgan fingerprint density at radius 1 is 1.10 bits per heavy atom. The third-order valence-electron chi connectivity index (χ3n) is 5.80. The van der Waals surface area contributed by atoms with Crippen LogP contribution in [0.5, 0.6) is 0 Å². The fraction of sp³-hybridized carbons (Fsp3) is 0.391. The van der Waals surface area contributed by atoms with Crippen LogP contribution in [0.4, 0.5) is 0 Å². The summed E-state index contributed by atoms with van der Waals surface area (Å²) >= 11 is 0. The fourth-order valence-corrected chi connectivity index (χ4v) is 4.14. The van der Waals surface area contributed by atoms with Gasteiger partial charge in [-0.15, -0.1) is 5.10 Å². The number of nitrogens with one attached hydrogen (secondary N) is 1. The molecule has 1 fully saturated rings. The average Bonchev–Trinajstić information content (AvgIpc) is 3.14. The van der Waals surface area contributed by atoms with E-state index >= 15 is 0 Å². The summed E-state index contributed by atoms with van der Waals surface area (Å²) in [4.78, 5) is 25.5. The number of hydrogen-bond acceptors (Lipinski definition) is 5. The lowest BCUT2D eigenvalue weighted by Gasteiger charge is -2.36. The SMILES string of the molecule is Cc1cc(C)n(-c2ccc(=O)n(CCNC(=O)C3(c4ccccc4)CCOCC3)n2)n1. The van der Waals surface area contributed by atoms with Gasteiger partial charge in [0.25, 0.3) is 5.56 Å². The predicted molar refractivity (Wildman–Crippen MR) is 116 cm³/mol. The second-order valence-electron chi connectivity index (χ2n) is 7.91. The Hall–Kier alpha value is -3.26. The van der Waals surface area contributed by atoms with Crippen molar-refractivity contribution < 1.29 is 9.53 Å². The third-order valence-corrected chi connectivity index (χ3v) is 5.80. The molecule has 4 rings (SSSR count). The summed E-state index contributed by atoms with van der Waals surface area (Å²) in [5.41, 5.74) is 1.99. The van der Waals surface area contributed by atoms with Crippen LogP contribution in [-0.2, 0) is 21.5 Å². The van der Waals surface area contributed by atoms with Crippen molar-refractivity contribution in [1.29, 1.82) is 0 Å². The molecule has 1 saturated heterocycles. The molecule has 3 aromatic rings. The molecule has 0 spiro atoms. The number of ether oxygens (including phenoxy) is 1. The van der Waals surface area contributed by atoms with Gasteiger partial charge in [-0.3, -0.25) is 9.59 Å². The molecule has 0 bridgehead atoms. The highest BCUT2D eigenvalue weighted by atomic mass is 16.5. The van der Waals surface area contributed by atoms with Gasteiger partial charge in [-0.25, -0.2) is 9.36 Å². The Bertz CT molecular complexity index is 1110. The second kappa shape index (κ2) is 8.85. The largest absolute Gasteiger partial charge is 0.381 e.